The number of halogens is 1. The van der Waals surface area contributed by atoms with Crippen molar-refractivity contribution in [1.82, 2.24) is 0 Å². The van der Waals surface area contributed by atoms with Crippen LogP contribution in [-0.4, -0.2) is 20.1 Å². The maximum Gasteiger partial charge on any atom is 0.244 e. The topological polar surface area (TPSA) is 37.4 Å². The van der Waals surface area contributed by atoms with Crippen LogP contribution in [-0.2, 0) is 10.0 Å². The standard InChI is InChI=1S/C10H14BrNO2S/c1-8-4-5-10(9(2)6-8)12(3)15(13,14)7-11/h4-6H,7H2,1-3H3. The Morgan fingerprint density at radius 1 is 1.33 bits per heavy atom. The molecule has 0 amide bonds. The van der Waals surface area contributed by atoms with Gasteiger partial charge in [-0.15, -0.1) is 0 Å². The quantitative estimate of drug-likeness (QED) is 0.802. The van der Waals surface area contributed by atoms with Crippen molar-refractivity contribution in [3.8, 4) is 0 Å². The van der Waals surface area contributed by atoms with Crippen molar-refractivity contribution in [3.05, 3.63) is 29.3 Å². The van der Waals surface area contributed by atoms with Gasteiger partial charge in [0.15, 0.2) is 0 Å². The lowest BCUT2D eigenvalue weighted by molar-refractivity contribution is 0.599. The fourth-order valence-corrected chi connectivity index (χ4v) is 2.95. The summed E-state index contributed by atoms with van der Waals surface area (Å²) in [4.78, 5) is 0. The lowest BCUT2D eigenvalue weighted by Crippen LogP contribution is -2.27. The highest BCUT2D eigenvalue weighted by molar-refractivity contribution is 9.10. The first-order valence-electron chi connectivity index (χ1n) is 4.48. The Morgan fingerprint density at radius 2 is 1.93 bits per heavy atom. The SMILES string of the molecule is Cc1ccc(N(C)S(=O)(=O)CBr)c(C)c1. The fraction of sp³-hybridized carbons (Fsp3) is 0.400. The fourth-order valence-electron chi connectivity index (χ4n) is 1.38. The van der Waals surface area contributed by atoms with E-state index in [-0.39, 0.29) is 4.66 Å². The lowest BCUT2D eigenvalue weighted by Gasteiger charge is -2.20. The third-order valence-corrected chi connectivity index (χ3v) is 5.29. The number of sulfonamides is 1. The second-order valence-corrected chi connectivity index (χ2v) is 6.78. The van der Waals surface area contributed by atoms with E-state index in [9.17, 15) is 8.42 Å². The molecule has 0 aliphatic heterocycles. The predicted molar refractivity (Wildman–Crippen MR) is 67.0 cm³/mol. The third-order valence-electron chi connectivity index (χ3n) is 2.25. The molecule has 1 aromatic carbocycles. The minimum atomic E-state index is -3.24. The highest BCUT2D eigenvalue weighted by Crippen LogP contribution is 2.22. The van der Waals surface area contributed by atoms with Crippen LogP contribution < -0.4 is 4.31 Å². The summed E-state index contributed by atoms with van der Waals surface area (Å²) >= 11 is 2.98. The molecular formula is C10H14BrNO2S. The van der Waals surface area contributed by atoms with Gasteiger partial charge in [0.2, 0.25) is 10.0 Å². The highest BCUT2D eigenvalue weighted by Gasteiger charge is 2.17. The summed E-state index contributed by atoms with van der Waals surface area (Å²) in [6.07, 6.45) is 0. The molecule has 0 radical (unpaired) electrons. The van der Waals surface area contributed by atoms with E-state index in [1.165, 1.54) is 4.31 Å². The molecule has 0 atom stereocenters. The van der Waals surface area contributed by atoms with E-state index in [4.69, 9.17) is 0 Å². The third kappa shape index (κ3) is 2.72. The molecule has 0 bridgehead atoms. The van der Waals surface area contributed by atoms with Gasteiger partial charge in [0.25, 0.3) is 0 Å². The molecule has 0 fully saturated rings. The Kier molecular flexibility index (Phi) is 3.78. The number of aryl methyl sites for hydroxylation is 2. The van der Waals surface area contributed by atoms with Crippen LogP contribution in [0.15, 0.2) is 18.2 Å². The second-order valence-electron chi connectivity index (χ2n) is 3.48. The molecule has 84 valence electrons. The number of hydrogen-bond donors (Lipinski definition) is 0. The van der Waals surface area contributed by atoms with Gasteiger partial charge in [-0.05, 0) is 25.5 Å². The van der Waals surface area contributed by atoms with E-state index < -0.39 is 10.0 Å². The number of nitrogens with zero attached hydrogens (tertiary/aromatic N) is 1. The Labute approximate surface area is 99.3 Å². The maximum absolute atomic E-state index is 11.6. The molecule has 0 aliphatic rings. The van der Waals surface area contributed by atoms with Crippen molar-refractivity contribution in [2.24, 2.45) is 0 Å². The van der Waals surface area contributed by atoms with E-state index in [0.29, 0.717) is 0 Å². The number of alkyl halides is 1. The molecule has 0 saturated heterocycles. The van der Waals surface area contributed by atoms with Crippen molar-refractivity contribution in [2.75, 3.05) is 16.0 Å². The average Bonchev–Trinajstić information content (AvgIpc) is 2.17. The number of hydrogen-bond acceptors (Lipinski definition) is 2. The van der Waals surface area contributed by atoms with Crippen LogP contribution in [0.3, 0.4) is 0 Å². The smallest absolute Gasteiger partial charge is 0.244 e. The summed E-state index contributed by atoms with van der Waals surface area (Å²) in [6, 6.07) is 5.70. The second kappa shape index (κ2) is 4.53. The molecule has 15 heavy (non-hydrogen) atoms. The summed E-state index contributed by atoms with van der Waals surface area (Å²) in [5.74, 6) is 0. The van der Waals surface area contributed by atoms with E-state index in [2.05, 4.69) is 15.9 Å². The van der Waals surface area contributed by atoms with Crippen molar-refractivity contribution < 1.29 is 8.42 Å². The summed E-state index contributed by atoms with van der Waals surface area (Å²) in [5.41, 5.74) is 2.81. The van der Waals surface area contributed by atoms with Crippen molar-refractivity contribution >= 4 is 31.6 Å². The van der Waals surface area contributed by atoms with Crippen molar-refractivity contribution in [1.29, 1.82) is 0 Å². The first-order valence-corrected chi connectivity index (χ1v) is 7.21. The Morgan fingerprint density at radius 3 is 2.40 bits per heavy atom. The van der Waals surface area contributed by atoms with Crippen LogP contribution in [0.2, 0.25) is 0 Å². The number of rotatable bonds is 3. The Balaban J connectivity index is 3.18. The molecular weight excluding hydrogens is 278 g/mol. The van der Waals surface area contributed by atoms with E-state index >= 15 is 0 Å². The molecule has 0 aromatic heterocycles. The largest absolute Gasteiger partial charge is 0.272 e. The van der Waals surface area contributed by atoms with Crippen LogP contribution in [0, 0.1) is 13.8 Å². The first-order chi connectivity index (χ1) is 6.88. The average molecular weight is 292 g/mol. The maximum atomic E-state index is 11.6. The molecule has 0 spiro atoms. The van der Waals surface area contributed by atoms with Gasteiger partial charge in [-0.3, -0.25) is 4.31 Å². The lowest BCUT2D eigenvalue weighted by atomic mass is 10.1. The van der Waals surface area contributed by atoms with Crippen molar-refractivity contribution in [2.45, 2.75) is 13.8 Å². The monoisotopic (exact) mass is 291 g/mol. The first kappa shape index (κ1) is 12.5. The molecule has 5 heteroatoms. The molecule has 0 unspecified atom stereocenters. The molecule has 1 aromatic rings. The van der Waals surface area contributed by atoms with Crippen LogP contribution in [0.4, 0.5) is 5.69 Å². The molecule has 0 N–H and O–H groups in total. The zero-order valence-corrected chi connectivity index (χ0v) is 11.4. The summed E-state index contributed by atoms with van der Waals surface area (Å²) < 4.78 is 24.5. The van der Waals surface area contributed by atoms with Gasteiger partial charge < -0.3 is 0 Å². The van der Waals surface area contributed by atoms with Gasteiger partial charge in [0.05, 0.1) is 5.69 Å². The van der Waals surface area contributed by atoms with Crippen LogP contribution >= 0.6 is 15.9 Å². The minimum absolute atomic E-state index is 0.0657. The van der Waals surface area contributed by atoms with Gasteiger partial charge in [-0.25, -0.2) is 8.42 Å². The normalized spacial score (nSPS) is 11.5. The number of anilines is 1. The van der Waals surface area contributed by atoms with E-state index in [0.717, 1.165) is 16.8 Å². The van der Waals surface area contributed by atoms with Crippen LogP contribution in [0.25, 0.3) is 0 Å². The minimum Gasteiger partial charge on any atom is -0.272 e. The summed E-state index contributed by atoms with van der Waals surface area (Å²) in [5, 5.41) is 0. The zero-order valence-electron chi connectivity index (χ0n) is 8.99. The van der Waals surface area contributed by atoms with Gasteiger partial charge in [0.1, 0.15) is 4.66 Å². The van der Waals surface area contributed by atoms with E-state index in [1.807, 2.05) is 32.0 Å². The van der Waals surface area contributed by atoms with Crippen molar-refractivity contribution in [3.63, 3.8) is 0 Å². The van der Waals surface area contributed by atoms with E-state index in [1.54, 1.807) is 7.05 Å². The van der Waals surface area contributed by atoms with Gasteiger partial charge in [-0.2, -0.15) is 0 Å². The molecule has 0 heterocycles. The zero-order chi connectivity index (χ0) is 11.6. The van der Waals surface area contributed by atoms with Gasteiger partial charge in [0, 0.05) is 7.05 Å². The molecule has 1 rings (SSSR count). The Hall–Kier alpha value is -0.550. The summed E-state index contributed by atoms with van der Waals surface area (Å²) in [6.45, 7) is 3.89. The highest BCUT2D eigenvalue weighted by atomic mass is 79.9. The molecule has 0 aliphatic carbocycles. The van der Waals surface area contributed by atoms with Gasteiger partial charge >= 0.3 is 0 Å². The van der Waals surface area contributed by atoms with Crippen LogP contribution in [0.1, 0.15) is 11.1 Å². The van der Waals surface area contributed by atoms with Gasteiger partial charge in [-0.1, -0.05) is 33.6 Å². The summed E-state index contributed by atoms with van der Waals surface area (Å²) in [7, 11) is -1.67. The number of benzene rings is 1. The predicted octanol–water partition coefficient (Wildman–Crippen LogP) is 2.42. The van der Waals surface area contributed by atoms with Crippen LogP contribution in [0.5, 0.6) is 0 Å². The molecule has 0 saturated carbocycles. The molecule has 3 nitrogen and oxygen atoms in total. The Bertz CT molecular complexity index is 456.